The number of carboxylic acid groups (broad SMARTS) is 1. The third kappa shape index (κ3) is 1.71. The summed E-state index contributed by atoms with van der Waals surface area (Å²) in [6.07, 6.45) is 0. The number of ether oxygens (including phenoxy) is 1. The molecule has 3 heteroatoms. The van der Waals surface area contributed by atoms with Gasteiger partial charge in [-0.25, -0.2) is 0 Å². The Balaban J connectivity index is 4.67. The molecule has 0 heterocycles. The maximum absolute atomic E-state index is 10.7. The van der Waals surface area contributed by atoms with E-state index < -0.39 is 17.0 Å². The SMILES string of the molecule is COC(C)(C)C(C)(C)C(=O)O. The van der Waals surface area contributed by atoms with Gasteiger partial charge in [-0.1, -0.05) is 0 Å². The van der Waals surface area contributed by atoms with Crippen LogP contribution in [0, 0.1) is 5.41 Å². The molecule has 0 spiro atoms. The van der Waals surface area contributed by atoms with E-state index in [0.29, 0.717) is 0 Å². The topological polar surface area (TPSA) is 46.5 Å². The fourth-order valence-corrected chi connectivity index (χ4v) is 0.513. The lowest BCUT2D eigenvalue weighted by atomic mass is 9.77. The van der Waals surface area contributed by atoms with E-state index in [-0.39, 0.29) is 0 Å². The first-order valence-electron chi connectivity index (χ1n) is 3.54. The van der Waals surface area contributed by atoms with E-state index in [4.69, 9.17) is 9.84 Å². The van der Waals surface area contributed by atoms with Gasteiger partial charge in [0.05, 0.1) is 11.0 Å². The molecule has 0 aromatic carbocycles. The Hall–Kier alpha value is -0.570. The Bertz CT molecular complexity index is 159. The fourth-order valence-electron chi connectivity index (χ4n) is 0.513. The molecule has 0 aromatic heterocycles. The van der Waals surface area contributed by atoms with Crippen molar-refractivity contribution in [3.63, 3.8) is 0 Å². The third-order valence-electron chi connectivity index (χ3n) is 2.55. The largest absolute Gasteiger partial charge is 0.481 e. The zero-order valence-electron chi connectivity index (χ0n) is 7.76. The van der Waals surface area contributed by atoms with Gasteiger partial charge in [0.15, 0.2) is 0 Å². The first-order chi connectivity index (χ1) is 4.75. The van der Waals surface area contributed by atoms with Crippen LogP contribution in [0.2, 0.25) is 0 Å². The standard InChI is InChI=1S/C8H16O3/c1-7(2,6(9)10)8(3,4)11-5/h1-5H3,(H,9,10). The van der Waals surface area contributed by atoms with E-state index in [9.17, 15) is 4.79 Å². The maximum Gasteiger partial charge on any atom is 0.311 e. The zero-order valence-corrected chi connectivity index (χ0v) is 7.76. The molecule has 0 radical (unpaired) electrons. The number of carbonyl (C=O) groups is 1. The van der Waals surface area contributed by atoms with Gasteiger partial charge >= 0.3 is 5.97 Å². The highest BCUT2D eigenvalue weighted by atomic mass is 16.5. The van der Waals surface area contributed by atoms with Gasteiger partial charge in [-0.3, -0.25) is 4.79 Å². The number of hydrogen-bond donors (Lipinski definition) is 1. The quantitative estimate of drug-likeness (QED) is 0.681. The zero-order chi connectivity index (χ0) is 9.28. The Morgan fingerprint density at radius 1 is 1.27 bits per heavy atom. The first-order valence-corrected chi connectivity index (χ1v) is 3.54. The van der Waals surface area contributed by atoms with Crippen LogP contribution in [0.3, 0.4) is 0 Å². The Labute approximate surface area is 67.4 Å². The van der Waals surface area contributed by atoms with Crippen molar-refractivity contribution in [2.75, 3.05) is 7.11 Å². The minimum absolute atomic E-state index is 0.640. The monoisotopic (exact) mass is 160 g/mol. The van der Waals surface area contributed by atoms with E-state index >= 15 is 0 Å². The van der Waals surface area contributed by atoms with Gasteiger partial charge in [-0.15, -0.1) is 0 Å². The summed E-state index contributed by atoms with van der Waals surface area (Å²) in [4.78, 5) is 10.7. The average molecular weight is 160 g/mol. The predicted molar refractivity (Wildman–Crippen MR) is 42.5 cm³/mol. The van der Waals surface area contributed by atoms with Crippen molar-refractivity contribution in [3.05, 3.63) is 0 Å². The molecule has 0 fully saturated rings. The number of carboxylic acids is 1. The second-order valence-corrected chi connectivity index (χ2v) is 3.64. The van der Waals surface area contributed by atoms with Gasteiger partial charge in [0.2, 0.25) is 0 Å². The van der Waals surface area contributed by atoms with E-state index in [2.05, 4.69) is 0 Å². The van der Waals surface area contributed by atoms with Crippen molar-refractivity contribution in [2.45, 2.75) is 33.3 Å². The van der Waals surface area contributed by atoms with Crippen LogP contribution >= 0.6 is 0 Å². The summed E-state index contributed by atoms with van der Waals surface area (Å²) in [6, 6.07) is 0. The molecule has 0 atom stereocenters. The maximum atomic E-state index is 10.7. The lowest BCUT2D eigenvalue weighted by Crippen LogP contribution is -2.46. The van der Waals surface area contributed by atoms with Crippen molar-refractivity contribution >= 4 is 5.97 Å². The Morgan fingerprint density at radius 2 is 1.64 bits per heavy atom. The number of methoxy groups -OCH3 is 1. The molecule has 0 bridgehead atoms. The molecule has 3 nitrogen and oxygen atoms in total. The van der Waals surface area contributed by atoms with Crippen LogP contribution in [0.4, 0.5) is 0 Å². The van der Waals surface area contributed by atoms with Crippen LogP contribution in [0.5, 0.6) is 0 Å². The minimum Gasteiger partial charge on any atom is -0.481 e. The minimum atomic E-state index is -0.859. The highest BCUT2D eigenvalue weighted by Crippen LogP contribution is 2.33. The number of hydrogen-bond acceptors (Lipinski definition) is 2. The van der Waals surface area contributed by atoms with E-state index in [1.165, 1.54) is 7.11 Å². The van der Waals surface area contributed by atoms with Crippen LogP contribution in [0.1, 0.15) is 27.7 Å². The summed E-state index contributed by atoms with van der Waals surface area (Å²) >= 11 is 0. The predicted octanol–water partition coefficient (Wildman–Crippen LogP) is 1.52. The second kappa shape index (κ2) is 2.81. The molecule has 0 aliphatic heterocycles. The van der Waals surface area contributed by atoms with Gasteiger partial charge in [-0.05, 0) is 27.7 Å². The Morgan fingerprint density at radius 3 is 1.73 bits per heavy atom. The van der Waals surface area contributed by atoms with Crippen molar-refractivity contribution in [1.29, 1.82) is 0 Å². The first kappa shape index (κ1) is 10.4. The lowest BCUT2D eigenvalue weighted by molar-refractivity contribution is -0.164. The molecular formula is C8H16O3. The normalized spacial score (nSPS) is 13.2. The number of rotatable bonds is 3. The highest BCUT2D eigenvalue weighted by Gasteiger charge is 2.43. The molecule has 0 amide bonds. The molecule has 1 N–H and O–H groups in total. The fraction of sp³-hybridized carbons (Fsp3) is 0.875. The Kier molecular flexibility index (Phi) is 2.67. The second-order valence-electron chi connectivity index (χ2n) is 3.64. The van der Waals surface area contributed by atoms with Gasteiger partial charge in [0, 0.05) is 7.11 Å². The van der Waals surface area contributed by atoms with Gasteiger partial charge in [0.25, 0.3) is 0 Å². The highest BCUT2D eigenvalue weighted by molar-refractivity contribution is 5.75. The van der Waals surface area contributed by atoms with Crippen LogP contribution in [0.25, 0.3) is 0 Å². The van der Waals surface area contributed by atoms with Gasteiger partial charge in [0.1, 0.15) is 0 Å². The molecule has 0 aliphatic carbocycles. The van der Waals surface area contributed by atoms with Crippen molar-refractivity contribution in [2.24, 2.45) is 5.41 Å². The van der Waals surface area contributed by atoms with Crippen LogP contribution in [-0.2, 0) is 9.53 Å². The molecule has 0 aromatic rings. The van der Waals surface area contributed by atoms with Gasteiger partial charge in [-0.2, -0.15) is 0 Å². The molecule has 0 saturated carbocycles. The molecule has 0 rings (SSSR count). The molecule has 11 heavy (non-hydrogen) atoms. The molecule has 0 aliphatic rings. The summed E-state index contributed by atoms with van der Waals surface area (Å²) in [6.45, 7) is 6.83. The van der Waals surface area contributed by atoms with E-state index in [1.807, 2.05) is 0 Å². The summed E-state index contributed by atoms with van der Waals surface area (Å²) in [7, 11) is 1.52. The van der Waals surface area contributed by atoms with E-state index in [1.54, 1.807) is 27.7 Å². The summed E-state index contributed by atoms with van der Waals surface area (Å²) in [5, 5.41) is 8.83. The lowest BCUT2D eigenvalue weighted by Gasteiger charge is -2.36. The molecule has 0 unspecified atom stereocenters. The van der Waals surface area contributed by atoms with E-state index in [0.717, 1.165) is 0 Å². The van der Waals surface area contributed by atoms with Crippen molar-refractivity contribution < 1.29 is 14.6 Å². The molecule has 66 valence electrons. The van der Waals surface area contributed by atoms with Crippen molar-refractivity contribution in [3.8, 4) is 0 Å². The van der Waals surface area contributed by atoms with Crippen LogP contribution in [0.15, 0.2) is 0 Å². The van der Waals surface area contributed by atoms with Crippen LogP contribution < -0.4 is 0 Å². The molecule has 0 saturated heterocycles. The van der Waals surface area contributed by atoms with Gasteiger partial charge < -0.3 is 9.84 Å². The molecular weight excluding hydrogens is 144 g/mol. The number of aliphatic carboxylic acids is 1. The van der Waals surface area contributed by atoms with Crippen LogP contribution in [-0.4, -0.2) is 23.8 Å². The summed E-state index contributed by atoms with van der Waals surface area (Å²) in [5.41, 5.74) is -1.50. The summed E-state index contributed by atoms with van der Waals surface area (Å²) < 4.78 is 5.08. The average Bonchev–Trinajstić information content (AvgIpc) is 1.87. The summed E-state index contributed by atoms with van der Waals surface area (Å²) in [5.74, 6) is -0.843. The van der Waals surface area contributed by atoms with Crippen molar-refractivity contribution in [1.82, 2.24) is 0 Å². The third-order valence-corrected chi connectivity index (χ3v) is 2.55. The smallest absolute Gasteiger partial charge is 0.311 e.